The number of nitrogens with zero attached hydrogens (tertiary/aromatic N) is 5. The SMILES string of the molecule is CC(C)CNC(=S)Nc1nc(N2CCN(c3ccccc3)CC2)cc(N2CCC[C@H](C)C2)n1. The molecule has 0 bridgehead atoms. The molecule has 0 radical (unpaired) electrons. The fourth-order valence-corrected chi connectivity index (χ4v) is 4.65. The molecule has 2 aliphatic heterocycles. The van der Waals surface area contributed by atoms with Gasteiger partial charge in [-0.2, -0.15) is 9.97 Å². The number of piperidine rings is 1. The lowest BCUT2D eigenvalue weighted by Crippen LogP contribution is -2.47. The van der Waals surface area contributed by atoms with E-state index in [1.54, 1.807) is 0 Å². The van der Waals surface area contributed by atoms with Crippen molar-refractivity contribution in [3.63, 3.8) is 0 Å². The molecular formula is C25H37N7S. The number of para-hydroxylation sites is 1. The van der Waals surface area contributed by atoms with Crippen LogP contribution in [0.3, 0.4) is 0 Å². The van der Waals surface area contributed by atoms with Crippen LogP contribution in [0.4, 0.5) is 23.3 Å². The molecule has 0 saturated carbocycles. The Morgan fingerprint density at radius 3 is 2.33 bits per heavy atom. The Morgan fingerprint density at radius 2 is 1.67 bits per heavy atom. The van der Waals surface area contributed by atoms with Crippen molar-refractivity contribution in [3.05, 3.63) is 36.4 Å². The summed E-state index contributed by atoms with van der Waals surface area (Å²) < 4.78 is 0. The summed E-state index contributed by atoms with van der Waals surface area (Å²) in [5.41, 5.74) is 1.28. The van der Waals surface area contributed by atoms with Crippen LogP contribution in [0.2, 0.25) is 0 Å². The van der Waals surface area contributed by atoms with Crippen molar-refractivity contribution in [2.75, 3.05) is 65.8 Å². The van der Waals surface area contributed by atoms with Gasteiger partial charge in [0.1, 0.15) is 11.6 Å². The Labute approximate surface area is 203 Å². The van der Waals surface area contributed by atoms with Gasteiger partial charge in [0.05, 0.1) is 0 Å². The Bertz CT molecular complexity index is 912. The van der Waals surface area contributed by atoms with Gasteiger partial charge in [0, 0.05) is 57.6 Å². The van der Waals surface area contributed by atoms with Crippen molar-refractivity contribution in [1.82, 2.24) is 15.3 Å². The van der Waals surface area contributed by atoms with E-state index in [9.17, 15) is 0 Å². The topological polar surface area (TPSA) is 59.6 Å². The van der Waals surface area contributed by atoms with Crippen molar-refractivity contribution in [2.24, 2.45) is 11.8 Å². The lowest BCUT2D eigenvalue weighted by atomic mass is 10.0. The maximum absolute atomic E-state index is 5.51. The maximum Gasteiger partial charge on any atom is 0.232 e. The second-order valence-electron chi connectivity index (χ2n) is 9.64. The van der Waals surface area contributed by atoms with Crippen LogP contribution in [0.5, 0.6) is 0 Å². The average molecular weight is 468 g/mol. The lowest BCUT2D eigenvalue weighted by Gasteiger charge is -2.37. The van der Waals surface area contributed by atoms with Crippen molar-refractivity contribution in [1.29, 1.82) is 0 Å². The molecule has 2 N–H and O–H groups in total. The van der Waals surface area contributed by atoms with Crippen LogP contribution in [-0.2, 0) is 0 Å². The molecule has 3 heterocycles. The van der Waals surface area contributed by atoms with E-state index >= 15 is 0 Å². The quantitative estimate of drug-likeness (QED) is 0.619. The molecule has 33 heavy (non-hydrogen) atoms. The summed E-state index contributed by atoms with van der Waals surface area (Å²) in [4.78, 5) is 16.9. The second kappa shape index (κ2) is 11.0. The standard InChI is InChI=1S/C25H37N7S/c1-19(2)17-26-25(33)29-24-27-22(16-23(28-24)32-11-7-8-20(3)18-32)31-14-12-30(13-15-31)21-9-5-4-6-10-21/h4-6,9-10,16,19-20H,7-8,11-15,17-18H2,1-3H3,(H2,26,27,28,29,33)/t20-/m0/s1. The third-order valence-electron chi connectivity index (χ3n) is 6.30. The minimum atomic E-state index is 0.517. The normalized spacial score (nSPS) is 19.0. The van der Waals surface area contributed by atoms with Gasteiger partial charge >= 0.3 is 0 Å². The molecule has 2 saturated heterocycles. The minimum absolute atomic E-state index is 0.517. The molecule has 0 amide bonds. The first-order chi connectivity index (χ1) is 16.0. The van der Waals surface area contributed by atoms with E-state index in [4.69, 9.17) is 22.2 Å². The van der Waals surface area contributed by atoms with Gasteiger partial charge < -0.3 is 25.3 Å². The van der Waals surface area contributed by atoms with Gasteiger partial charge in [0.2, 0.25) is 5.95 Å². The predicted molar refractivity (Wildman–Crippen MR) is 143 cm³/mol. The molecule has 1 aromatic carbocycles. The molecule has 8 heteroatoms. The molecule has 178 valence electrons. The molecular weight excluding hydrogens is 430 g/mol. The third-order valence-corrected chi connectivity index (χ3v) is 6.55. The Hall–Kier alpha value is -2.61. The van der Waals surface area contributed by atoms with Crippen LogP contribution in [0, 0.1) is 11.8 Å². The zero-order valence-electron chi connectivity index (χ0n) is 20.1. The Morgan fingerprint density at radius 1 is 1.00 bits per heavy atom. The van der Waals surface area contributed by atoms with Crippen LogP contribution in [0.1, 0.15) is 33.6 Å². The van der Waals surface area contributed by atoms with E-state index in [0.29, 0.717) is 22.9 Å². The fraction of sp³-hybridized carbons (Fsp3) is 0.560. The molecule has 0 spiro atoms. The summed E-state index contributed by atoms with van der Waals surface area (Å²) in [5.74, 6) is 3.74. The highest BCUT2D eigenvalue weighted by atomic mass is 32.1. The molecule has 2 aromatic rings. The smallest absolute Gasteiger partial charge is 0.232 e. The zero-order valence-corrected chi connectivity index (χ0v) is 20.9. The first-order valence-electron chi connectivity index (χ1n) is 12.2. The summed E-state index contributed by atoms with van der Waals surface area (Å²) in [7, 11) is 0. The average Bonchev–Trinajstić information content (AvgIpc) is 2.83. The Kier molecular flexibility index (Phi) is 7.85. The lowest BCUT2D eigenvalue weighted by molar-refractivity contribution is 0.444. The van der Waals surface area contributed by atoms with Crippen LogP contribution in [0.25, 0.3) is 0 Å². The van der Waals surface area contributed by atoms with Crippen LogP contribution < -0.4 is 25.3 Å². The second-order valence-corrected chi connectivity index (χ2v) is 10.0. The van der Waals surface area contributed by atoms with E-state index in [1.807, 2.05) is 0 Å². The first-order valence-corrected chi connectivity index (χ1v) is 12.6. The van der Waals surface area contributed by atoms with Crippen LogP contribution >= 0.6 is 12.2 Å². The number of aromatic nitrogens is 2. The van der Waals surface area contributed by atoms with Crippen molar-refractivity contribution >= 4 is 40.6 Å². The number of rotatable bonds is 6. The molecule has 7 nitrogen and oxygen atoms in total. The number of piperazine rings is 1. The first kappa shape index (κ1) is 23.5. The number of hydrogen-bond donors (Lipinski definition) is 2. The monoisotopic (exact) mass is 467 g/mol. The summed E-state index contributed by atoms with van der Waals surface area (Å²) in [6, 6.07) is 12.8. The van der Waals surface area contributed by atoms with Gasteiger partial charge in [-0.15, -0.1) is 0 Å². The number of nitrogens with one attached hydrogen (secondary N) is 2. The van der Waals surface area contributed by atoms with E-state index < -0.39 is 0 Å². The van der Waals surface area contributed by atoms with Gasteiger partial charge in [-0.1, -0.05) is 39.0 Å². The van der Waals surface area contributed by atoms with Crippen molar-refractivity contribution in [3.8, 4) is 0 Å². The summed E-state index contributed by atoms with van der Waals surface area (Å²) in [6.45, 7) is 13.3. The van der Waals surface area contributed by atoms with Crippen LogP contribution in [-0.4, -0.2) is 60.9 Å². The molecule has 0 aliphatic carbocycles. The number of anilines is 4. The molecule has 4 rings (SSSR count). The molecule has 0 unspecified atom stereocenters. The van der Waals surface area contributed by atoms with E-state index in [-0.39, 0.29) is 0 Å². The fourth-order valence-electron chi connectivity index (χ4n) is 4.47. The van der Waals surface area contributed by atoms with E-state index in [0.717, 1.165) is 57.4 Å². The number of benzene rings is 1. The molecule has 1 atom stereocenters. The van der Waals surface area contributed by atoms with Gasteiger partial charge in [0.15, 0.2) is 5.11 Å². The van der Waals surface area contributed by atoms with E-state index in [2.05, 4.69) is 82.5 Å². The minimum Gasteiger partial charge on any atom is -0.368 e. The molecule has 2 aliphatic rings. The highest BCUT2D eigenvalue weighted by molar-refractivity contribution is 7.80. The van der Waals surface area contributed by atoms with Gasteiger partial charge in [-0.05, 0) is 49.0 Å². The van der Waals surface area contributed by atoms with Crippen molar-refractivity contribution < 1.29 is 0 Å². The van der Waals surface area contributed by atoms with Crippen LogP contribution in [0.15, 0.2) is 36.4 Å². The van der Waals surface area contributed by atoms with Gasteiger partial charge in [-0.3, -0.25) is 0 Å². The zero-order chi connectivity index (χ0) is 23.2. The number of thiocarbonyl (C=S) groups is 1. The molecule has 2 fully saturated rings. The maximum atomic E-state index is 5.51. The summed E-state index contributed by atoms with van der Waals surface area (Å²) >= 11 is 5.51. The predicted octanol–water partition coefficient (Wildman–Crippen LogP) is 3.98. The van der Waals surface area contributed by atoms with Gasteiger partial charge in [0.25, 0.3) is 0 Å². The molecule has 1 aromatic heterocycles. The van der Waals surface area contributed by atoms with Crippen molar-refractivity contribution in [2.45, 2.75) is 33.6 Å². The summed E-state index contributed by atoms with van der Waals surface area (Å²) in [5, 5.41) is 7.08. The van der Waals surface area contributed by atoms with E-state index in [1.165, 1.54) is 18.5 Å². The largest absolute Gasteiger partial charge is 0.368 e. The van der Waals surface area contributed by atoms with Gasteiger partial charge in [-0.25, -0.2) is 0 Å². The Balaban J connectivity index is 1.51. The third kappa shape index (κ3) is 6.47. The highest BCUT2D eigenvalue weighted by Crippen LogP contribution is 2.27. The number of hydrogen-bond acceptors (Lipinski definition) is 6. The summed E-state index contributed by atoms with van der Waals surface area (Å²) in [6.07, 6.45) is 2.48. The highest BCUT2D eigenvalue weighted by Gasteiger charge is 2.23.